The van der Waals surface area contributed by atoms with Crippen molar-refractivity contribution in [3.63, 3.8) is 0 Å². The fourth-order valence-electron chi connectivity index (χ4n) is 0.945. The highest BCUT2D eigenvalue weighted by atomic mass is 35.5. The van der Waals surface area contributed by atoms with Crippen molar-refractivity contribution in [1.82, 2.24) is 0 Å². The summed E-state index contributed by atoms with van der Waals surface area (Å²) in [5.41, 5.74) is 0.578. The molecule has 0 aliphatic heterocycles. The summed E-state index contributed by atoms with van der Waals surface area (Å²) in [4.78, 5) is 0. The minimum atomic E-state index is -1.02. The summed E-state index contributed by atoms with van der Waals surface area (Å²) in [5.74, 6) is 0. The van der Waals surface area contributed by atoms with Gasteiger partial charge in [0.15, 0.2) is 0 Å². The van der Waals surface area contributed by atoms with E-state index in [1.54, 1.807) is 18.2 Å². The van der Waals surface area contributed by atoms with Gasteiger partial charge in [0.1, 0.15) is 6.10 Å². The van der Waals surface area contributed by atoms with Gasteiger partial charge in [0.05, 0.1) is 21.7 Å². The summed E-state index contributed by atoms with van der Waals surface area (Å²) >= 11 is 11.4. The van der Waals surface area contributed by atoms with E-state index in [0.29, 0.717) is 15.6 Å². The first-order chi connectivity index (χ1) is 6.56. The van der Waals surface area contributed by atoms with Gasteiger partial charge in [-0.3, -0.25) is 0 Å². The molecule has 1 aromatic carbocycles. The average molecular weight is 228 g/mol. The maximum Gasteiger partial charge on any atom is 0.113 e. The van der Waals surface area contributed by atoms with Gasteiger partial charge in [-0.05, 0) is 17.7 Å². The molecule has 72 valence electrons. The van der Waals surface area contributed by atoms with Crippen molar-refractivity contribution < 1.29 is 5.11 Å². The van der Waals surface area contributed by atoms with Crippen molar-refractivity contribution in [3.8, 4) is 6.07 Å². The molecular formula is C10H7Cl2NO. The molecular weight excluding hydrogens is 221 g/mol. The third-order valence-corrected chi connectivity index (χ3v) is 2.47. The second-order valence-corrected chi connectivity index (χ2v) is 3.53. The monoisotopic (exact) mass is 227 g/mol. The lowest BCUT2D eigenvalue weighted by Crippen LogP contribution is -1.98. The molecule has 0 saturated heterocycles. The molecule has 0 aromatic heterocycles. The van der Waals surface area contributed by atoms with Crippen molar-refractivity contribution in [2.45, 2.75) is 6.10 Å². The minimum absolute atomic E-state index is 0.0726. The molecule has 0 fully saturated rings. The van der Waals surface area contributed by atoms with Crippen molar-refractivity contribution >= 4 is 23.2 Å². The lowest BCUT2D eigenvalue weighted by molar-refractivity contribution is 0.221. The molecule has 0 heterocycles. The third-order valence-electron chi connectivity index (χ3n) is 1.73. The van der Waals surface area contributed by atoms with Crippen LogP contribution in [0, 0.1) is 11.3 Å². The molecule has 0 amide bonds. The van der Waals surface area contributed by atoms with Gasteiger partial charge in [0.25, 0.3) is 0 Å². The van der Waals surface area contributed by atoms with Gasteiger partial charge in [-0.1, -0.05) is 35.8 Å². The van der Waals surface area contributed by atoms with Crippen LogP contribution < -0.4 is 0 Å². The van der Waals surface area contributed by atoms with Crippen LogP contribution in [0.15, 0.2) is 30.4 Å². The Bertz CT molecular complexity index is 409. The van der Waals surface area contributed by atoms with Crippen LogP contribution in [0.2, 0.25) is 10.0 Å². The van der Waals surface area contributed by atoms with Crippen molar-refractivity contribution in [2.24, 2.45) is 0 Å². The van der Waals surface area contributed by atoms with Crippen molar-refractivity contribution in [3.05, 3.63) is 46.0 Å². The predicted molar refractivity (Wildman–Crippen MR) is 56.2 cm³/mol. The molecule has 1 N–H and O–H groups in total. The molecule has 0 spiro atoms. The Morgan fingerprint density at radius 3 is 2.57 bits per heavy atom. The zero-order valence-corrected chi connectivity index (χ0v) is 8.68. The first kappa shape index (κ1) is 11.1. The molecule has 1 atom stereocenters. The van der Waals surface area contributed by atoms with E-state index in [2.05, 4.69) is 6.58 Å². The van der Waals surface area contributed by atoms with Gasteiger partial charge >= 0.3 is 0 Å². The summed E-state index contributed by atoms with van der Waals surface area (Å²) in [7, 11) is 0. The van der Waals surface area contributed by atoms with Gasteiger partial charge in [-0.25, -0.2) is 0 Å². The molecule has 4 heteroatoms. The Morgan fingerprint density at radius 1 is 1.43 bits per heavy atom. The van der Waals surface area contributed by atoms with Gasteiger partial charge < -0.3 is 5.11 Å². The number of hydrogen-bond donors (Lipinski definition) is 1. The first-order valence-electron chi connectivity index (χ1n) is 3.78. The number of nitriles is 1. The van der Waals surface area contributed by atoms with E-state index < -0.39 is 6.10 Å². The van der Waals surface area contributed by atoms with Crippen LogP contribution in [-0.2, 0) is 0 Å². The Kier molecular flexibility index (Phi) is 3.54. The molecule has 0 radical (unpaired) electrons. The molecule has 1 rings (SSSR count). The molecule has 1 unspecified atom stereocenters. The normalized spacial score (nSPS) is 11.9. The highest BCUT2D eigenvalue weighted by Gasteiger charge is 2.12. The van der Waals surface area contributed by atoms with Crippen LogP contribution >= 0.6 is 23.2 Å². The van der Waals surface area contributed by atoms with Crippen LogP contribution in [0.4, 0.5) is 0 Å². The first-order valence-corrected chi connectivity index (χ1v) is 4.53. The lowest BCUT2D eigenvalue weighted by atomic mass is 10.0. The highest BCUT2D eigenvalue weighted by Crippen LogP contribution is 2.27. The Labute approximate surface area is 92.0 Å². The van der Waals surface area contributed by atoms with E-state index in [1.807, 2.05) is 0 Å². The van der Waals surface area contributed by atoms with Gasteiger partial charge in [0, 0.05) is 0 Å². The molecule has 1 aromatic rings. The van der Waals surface area contributed by atoms with E-state index in [-0.39, 0.29) is 5.57 Å². The quantitative estimate of drug-likeness (QED) is 0.790. The average Bonchev–Trinajstić information content (AvgIpc) is 2.20. The molecule has 0 aliphatic carbocycles. The van der Waals surface area contributed by atoms with Crippen LogP contribution in [-0.4, -0.2) is 5.11 Å². The van der Waals surface area contributed by atoms with Crippen LogP contribution in [0.3, 0.4) is 0 Å². The maximum atomic E-state index is 9.58. The largest absolute Gasteiger partial charge is 0.383 e. The number of nitrogens with zero attached hydrogens (tertiary/aromatic N) is 1. The SMILES string of the molecule is C=C(C#N)C(O)c1ccc(Cl)c(Cl)c1. The smallest absolute Gasteiger partial charge is 0.113 e. The van der Waals surface area contributed by atoms with E-state index in [0.717, 1.165) is 0 Å². The zero-order chi connectivity index (χ0) is 10.7. The predicted octanol–water partition coefficient (Wildman–Crippen LogP) is 3.11. The van der Waals surface area contributed by atoms with Gasteiger partial charge in [0.2, 0.25) is 0 Å². The molecule has 2 nitrogen and oxygen atoms in total. The Balaban J connectivity index is 3.04. The number of rotatable bonds is 2. The van der Waals surface area contributed by atoms with E-state index in [4.69, 9.17) is 28.5 Å². The number of halogens is 2. The van der Waals surface area contributed by atoms with Crippen molar-refractivity contribution in [1.29, 1.82) is 5.26 Å². The topological polar surface area (TPSA) is 44.0 Å². The molecule has 0 aliphatic rings. The Hall–Kier alpha value is -1.01. The number of aliphatic hydroxyl groups is 1. The maximum absolute atomic E-state index is 9.58. The van der Waals surface area contributed by atoms with Gasteiger partial charge in [-0.2, -0.15) is 5.26 Å². The highest BCUT2D eigenvalue weighted by molar-refractivity contribution is 6.42. The zero-order valence-electron chi connectivity index (χ0n) is 7.17. The second kappa shape index (κ2) is 4.47. The van der Waals surface area contributed by atoms with Crippen molar-refractivity contribution in [2.75, 3.05) is 0 Å². The van der Waals surface area contributed by atoms with Crippen LogP contribution in [0.25, 0.3) is 0 Å². The lowest BCUT2D eigenvalue weighted by Gasteiger charge is -2.09. The standard InChI is InChI=1S/C10H7Cl2NO/c1-6(5-13)10(14)7-2-3-8(11)9(12)4-7/h2-4,10,14H,1H2. The fourth-order valence-corrected chi connectivity index (χ4v) is 1.25. The molecule has 0 bridgehead atoms. The third kappa shape index (κ3) is 2.27. The second-order valence-electron chi connectivity index (χ2n) is 2.71. The summed E-state index contributed by atoms with van der Waals surface area (Å²) in [6.45, 7) is 3.41. The fraction of sp³-hybridized carbons (Fsp3) is 0.100. The van der Waals surface area contributed by atoms with Crippen LogP contribution in [0.1, 0.15) is 11.7 Å². The van der Waals surface area contributed by atoms with E-state index >= 15 is 0 Å². The summed E-state index contributed by atoms with van der Waals surface area (Å²) < 4.78 is 0. The summed E-state index contributed by atoms with van der Waals surface area (Å²) in [5, 5.41) is 18.9. The number of aliphatic hydroxyl groups excluding tert-OH is 1. The van der Waals surface area contributed by atoms with Crippen LogP contribution in [0.5, 0.6) is 0 Å². The summed E-state index contributed by atoms with van der Waals surface area (Å²) in [6, 6.07) is 6.45. The number of benzene rings is 1. The van der Waals surface area contributed by atoms with Gasteiger partial charge in [-0.15, -0.1) is 0 Å². The number of hydrogen-bond acceptors (Lipinski definition) is 2. The Morgan fingerprint density at radius 2 is 2.07 bits per heavy atom. The minimum Gasteiger partial charge on any atom is -0.383 e. The van der Waals surface area contributed by atoms with E-state index in [9.17, 15) is 5.11 Å². The van der Waals surface area contributed by atoms with E-state index in [1.165, 1.54) is 6.07 Å². The summed E-state index contributed by atoms with van der Waals surface area (Å²) in [6.07, 6.45) is -1.02. The molecule has 14 heavy (non-hydrogen) atoms. The molecule has 0 saturated carbocycles.